The summed E-state index contributed by atoms with van der Waals surface area (Å²) in [5.41, 5.74) is 8.14. The number of benzene rings is 1. The predicted molar refractivity (Wildman–Crippen MR) is 59.4 cm³/mol. The van der Waals surface area contributed by atoms with Gasteiger partial charge in [0.1, 0.15) is 0 Å². The second kappa shape index (κ2) is 2.84. The molecular formula is C12H14N2O. The van der Waals surface area contributed by atoms with Crippen molar-refractivity contribution < 1.29 is 5.11 Å². The number of aliphatic hydroxyl groups is 1. The third-order valence-corrected chi connectivity index (χ3v) is 3.33. The highest BCUT2D eigenvalue weighted by atomic mass is 16.3. The number of aromatic amines is 1. The highest BCUT2D eigenvalue weighted by molar-refractivity contribution is 5.80. The van der Waals surface area contributed by atoms with Gasteiger partial charge in [-0.05, 0) is 42.0 Å². The molecule has 4 N–H and O–H groups in total. The van der Waals surface area contributed by atoms with Crippen molar-refractivity contribution in [2.75, 3.05) is 0 Å². The van der Waals surface area contributed by atoms with Gasteiger partial charge in [0.05, 0.1) is 6.10 Å². The molecule has 0 radical (unpaired) electrons. The Bertz CT molecular complexity index is 497. The largest absolute Gasteiger partial charge is 0.393 e. The number of nitrogens with one attached hydrogen (secondary N) is 1. The standard InChI is InChI=1S/C12H14N2O/c13-12(6-10(15)7-12)9-1-2-11-8(5-9)3-4-14-11/h1-5,10,14-15H,6-7,13H2. The van der Waals surface area contributed by atoms with Crippen molar-refractivity contribution in [1.82, 2.24) is 4.98 Å². The summed E-state index contributed by atoms with van der Waals surface area (Å²) in [5.74, 6) is 0. The first-order valence-corrected chi connectivity index (χ1v) is 5.22. The van der Waals surface area contributed by atoms with Crippen molar-refractivity contribution in [3.05, 3.63) is 36.0 Å². The Labute approximate surface area is 87.9 Å². The Morgan fingerprint density at radius 2 is 2.13 bits per heavy atom. The normalized spacial score (nSPS) is 30.4. The SMILES string of the molecule is NC1(c2ccc3[nH]ccc3c2)CC(O)C1. The summed E-state index contributed by atoms with van der Waals surface area (Å²) in [7, 11) is 0. The molecular weight excluding hydrogens is 188 g/mol. The smallest absolute Gasteiger partial charge is 0.0582 e. The Morgan fingerprint density at radius 3 is 2.87 bits per heavy atom. The quantitative estimate of drug-likeness (QED) is 0.656. The lowest BCUT2D eigenvalue weighted by Gasteiger charge is -2.42. The van der Waals surface area contributed by atoms with Gasteiger partial charge in [-0.25, -0.2) is 0 Å². The number of fused-ring (bicyclic) bond motifs is 1. The molecule has 0 saturated heterocycles. The average Bonchev–Trinajstić information content (AvgIpc) is 2.61. The fourth-order valence-corrected chi connectivity index (χ4v) is 2.38. The molecule has 15 heavy (non-hydrogen) atoms. The Hall–Kier alpha value is -1.32. The van der Waals surface area contributed by atoms with Gasteiger partial charge in [0.25, 0.3) is 0 Å². The van der Waals surface area contributed by atoms with Crippen LogP contribution >= 0.6 is 0 Å². The number of hydrogen-bond donors (Lipinski definition) is 3. The molecule has 3 nitrogen and oxygen atoms in total. The van der Waals surface area contributed by atoms with Crippen LogP contribution in [0.1, 0.15) is 18.4 Å². The highest BCUT2D eigenvalue weighted by Gasteiger charge is 2.41. The first-order chi connectivity index (χ1) is 7.17. The third kappa shape index (κ3) is 1.28. The van der Waals surface area contributed by atoms with Crippen LogP contribution < -0.4 is 5.73 Å². The van der Waals surface area contributed by atoms with E-state index in [4.69, 9.17) is 5.73 Å². The zero-order valence-corrected chi connectivity index (χ0v) is 8.40. The van der Waals surface area contributed by atoms with Crippen LogP contribution in [0.3, 0.4) is 0 Å². The molecule has 0 bridgehead atoms. The monoisotopic (exact) mass is 202 g/mol. The average molecular weight is 202 g/mol. The zero-order chi connectivity index (χ0) is 10.5. The van der Waals surface area contributed by atoms with E-state index in [0.29, 0.717) is 12.8 Å². The van der Waals surface area contributed by atoms with E-state index in [1.807, 2.05) is 24.4 Å². The molecule has 1 aromatic carbocycles. The minimum atomic E-state index is -0.315. The van der Waals surface area contributed by atoms with Crippen LogP contribution in [-0.4, -0.2) is 16.2 Å². The van der Waals surface area contributed by atoms with E-state index >= 15 is 0 Å². The number of rotatable bonds is 1. The van der Waals surface area contributed by atoms with E-state index in [2.05, 4.69) is 11.1 Å². The van der Waals surface area contributed by atoms with E-state index in [1.165, 1.54) is 5.39 Å². The molecule has 1 aromatic heterocycles. The summed E-state index contributed by atoms with van der Waals surface area (Å²) in [6.45, 7) is 0. The van der Waals surface area contributed by atoms with Gasteiger partial charge in [-0.3, -0.25) is 0 Å². The number of hydrogen-bond acceptors (Lipinski definition) is 2. The lowest BCUT2D eigenvalue weighted by atomic mass is 9.70. The van der Waals surface area contributed by atoms with E-state index in [-0.39, 0.29) is 11.6 Å². The summed E-state index contributed by atoms with van der Waals surface area (Å²) >= 11 is 0. The zero-order valence-electron chi connectivity index (χ0n) is 8.40. The fraction of sp³-hybridized carbons (Fsp3) is 0.333. The number of aromatic nitrogens is 1. The summed E-state index contributed by atoms with van der Waals surface area (Å²) in [4.78, 5) is 3.15. The lowest BCUT2D eigenvalue weighted by Crippen LogP contribution is -2.51. The van der Waals surface area contributed by atoms with Crippen LogP contribution in [0.25, 0.3) is 10.9 Å². The molecule has 1 aliphatic carbocycles. The van der Waals surface area contributed by atoms with E-state index in [1.54, 1.807) is 0 Å². The second-order valence-electron chi connectivity index (χ2n) is 4.50. The molecule has 3 rings (SSSR count). The van der Waals surface area contributed by atoms with Gasteiger partial charge >= 0.3 is 0 Å². The molecule has 0 unspecified atom stereocenters. The van der Waals surface area contributed by atoms with Crippen molar-refractivity contribution in [2.45, 2.75) is 24.5 Å². The minimum absolute atomic E-state index is 0.225. The molecule has 0 spiro atoms. The number of aliphatic hydroxyl groups excluding tert-OH is 1. The molecule has 1 saturated carbocycles. The Morgan fingerprint density at radius 1 is 1.33 bits per heavy atom. The van der Waals surface area contributed by atoms with E-state index < -0.39 is 0 Å². The lowest BCUT2D eigenvalue weighted by molar-refractivity contribution is 0.0210. The number of H-pyrrole nitrogens is 1. The van der Waals surface area contributed by atoms with Crippen LogP contribution in [0.15, 0.2) is 30.5 Å². The minimum Gasteiger partial charge on any atom is -0.393 e. The molecule has 2 aromatic rings. The molecule has 0 atom stereocenters. The summed E-state index contributed by atoms with van der Waals surface area (Å²) in [6, 6.07) is 8.24. The van der Waals surface area contributed by atoms with Gasteiger partial charge in [0, 0.05) is 17.3 Å². The first kappa shape index (κ1) is 8.95. The van der Waals surface area contributed by atoms with Gasteiger partial charge in [-0.2, -0.15) is 0 Å². The van der Waals surface area contributed by atoms with Crippen molar-refractivity contribution >= 4 is 10.9 Å². The van der Waals surface area contributed by atoms with Crippen molar-refractivity contribution in [1.29, 1.82) is 0 Å². The molecule has 0 amide bonds. The summed E-state index contributed by atoms with van der Waals surface area (Å²) < 4.78 is 0. The Kier molecular flexibility index (Phi) is 1.69. The van der Waals surface area contributed by atoms with Crippen molar-refractivity contribution in [3.63, 3.8) is 0 Å². The van der Waals surface area contributed by atoms with Crippen LogP contribution in [0.5, 0.6) is 0 Å². The maximum atomic E-state index is 9.33. The van der Waals surface area contributed by atoms with Crippen LogP contribution in [0.4, 0.5) is 0 Å². The van der Waals surface area contributed by atoms with Crippen LogP contribution in [0.2, 0.25) is 0 Å². The maximum Gasteiger partial charge on any atom is 0.0582 e. The van der Waals surface area contributed by atoms with E-state index in [0.717, 1.165) is 11.1 Å². The van der Waals surface area contributed by atoms with Crippen LogP contribution in [0, 0.1) is 0 Å². The third-order valence-electron chi connectivity index (χ3n) is 3.33. The molecule has 1 aliphatic rings. The Balaban J connectivity index is 2.04. The van der Waals surface area contributed by atoms with Gasteiger partial charge < -0.3 is 15.8 Å². The van der Waals surface area contributed by atoms with Gasteiger partial charge in [-0.1, -0.05) is 6.07 Å². The van der Waals surface area contributed by atoms with Gasteiger partial charge in [-0.15, -0.1) is 0 Å². The fourth-order valence-electron chi connectivity index (χ4n) is 2.38. The van der Waals surface area contributed by atoms with E-state index in [9.17, 15) is 5.11 Å². The molecule has 1 fully saturated rings. The summed E-state index contributed by atoms with van der Waals surface area (Å²) in [5, 5.41) is 10.5. The molecule has 0 aliphatic heterocycles. The summed E-state index contributed by atoms with van der Waals surface area (Å²) in [6.07, 6.45) is 3.04. The topological polar surface area (TPSA) is 62.0 Å². The maximum absolute atomic E-state index is 9.33. The van der Waals surface area contributed by atoms with Crippen LogP contribution in [-0.2, 0) is 5.54 Å². The highest BCUT2D eigenvalue weighted by Crippen LogP contribution is 2.39. The van der Waals surface area contributed by atoms with Gasteiger partial charge in [0.2, 0.25) is 0 Å². The number of nitrogens with two attached hydrogens (primary N) is 1. The predicted octanol–water partition coefficient (Wildman–Crippen LogP) is 1.48. The molecule has 1 heterocycles. The molecule has 78 valence electrons. The van der Waals surface area contributed by atoms with Crippen molar-refractivity contribution in [3.8, 4) is 0 Å². The van der Waals surface area contributed by atoms with Gasteiger partial charge in [0.15, 0.2) is 0 Å². The first-order valence-electron chi connectivity index (χ1n) is 5.22. The molecule has 3 heteroatoms. The second-order valence-corrected chi connectivity index (χ2v) is 4.50. The van der Waals surface area contributed by atoms with Crippen molar-refractivity contribution in [2.24, 2.45) is 5.73 Å².